The van der Waals surface area contributed by atoms with Gasteiger partial charge >= 0.3 is 0 Å². The lowest BCUT2D eigenvalue weighted by Crippen LogP contribution is -2.33. The Hall–Kier alpha value is -3.68. The molecule has 8 heteroatoms. The van der Waals surface area contributed by atoms with Crippen molar-refractivity contribution in [2.75, 3.05) is 0 Å². The van der Waals surface area contributed by atoms with Crippen molar-refractivity contribution < 1.29 is 13.9 Å². The summed E-state index contributed by atoms with van der Waals surface area (Å²) in [4.78, 5) is 25.0. The van der Waals surface area contributed by atoms with Gasteiger partial charge in [-0.2, -0.15) is 5.10 Å². The van der Waals surface area contributed by atoms with Crippen molar-refractivity contribution in [2.24, 2.45) is 0 Å². The van der Waals surface area contributed by atoms with Crippen molar-refractivity contribution in [1.29, 1.82) is 0 Å². The molecule has 0 radical (unpaired) electrons. The molecule has 30 heavy (non-hydrogen) atoms. The van der Waals surface area contributed by atoms with E-state index in [0.29, 0.717) is 23.0 Å². The van der Waals surface area contributed by atoms with Crippen LogP contribution in [-0.2, 0) is 17.9 Å². The molecule has 2 aromatic carbocycles. The predicted molar refractivity (Wildman–Crippen MR) is 111 cm³/mol. The Bertz CT molecular complexity index is 1280. The van der Waals surface area contributed by atoms with E-state index in [1.165, 1.54) is 18.5 Å². The quantitative estimate of drug-likeness (QED) is 0.532. The fraction of sp³-hybridized carbons (Fsp3) is 0.227. The van der Waals surface area contributed by atoms with Gasteiger partial charge in [0.15, 0.2) is 0 Å². The van der Waals surface area contributed by atoms with E-state index < -0.39 is 5.56 Å². The highest BCUT2D eigenvalue weighted by molar-refractivity contribution is 5.86. The van der Waals surface area contributed by atoms with E-state index >= 15 is 0 Å². The van der Waals surface area contributed by atoms with Crippen LogP contribution in [0.2, 0.25) is 0 Å². The first-order valence-electron chi connectivity index (χ1n) is 9.59. The zero-order valence-electron chi connectivity index (χ0n) is 16.6. The smallest absolute Gasteiger partial charge is 0.291 e. The van der Waals surface area contributed by atoms with E-state index in [1.54, 1.807) is 16.5 Å². The van der Waals surface area contributed by atoms with Crippen LogP contribution in [0.25, 0.3) is 16.4 Å². The third-order valence-electron chi connectivity index (χ3n) is 4.64. The molecule has 154 valence electrons. The number of fused-ring (bicyclic) bond motifs is 3. The molecule has 0 unspecified atom stereocenters. The molecule has 0 saturated carbocycles. The molecule has 0 bridgehead atoms. The molecule has 1 N–H and O–H groups in total. The van der Waals surface area contributed by atoms with Crippen LogP contribution in [0, 0.1) is 5.82 Å². The zero-order valence-corrected chi connectivity index (χ0v) is 16.6. The van der Waals surface area contributed by atoms with E-state index in [2.05, 4.69) is 10.4 Å². The summed E-state index contributed by atoms with van der Waals surface area (Å²) < 4.78 is 21.7. The molecule has 0 atom stereocenters. The average Bonchev–Trinajstić information content (AvgIpc) is 3.07. The Kier molecular flexibility index (Phi) is 5.22. The van der Waals surface area contributed by atoms with Gasteiger partial charge in [0.25, 0.3) is 5.56 Å². The summed E-state index contributed by atoms with van der Waals surface area (Å²) in [6.07, 6.45) is 1.55. The van der Waals surface area contributed by atoms with Gasteiger partial charge in [0.1, 0.15) is 30.0 Å². The van der Waals surface area contributed by atoms with Crippen LogP contribution >= 0.6 is 0 Å². The maximum absolute atomic E-state index is 13.5. The van der Waals surface area contributed by atoms with E-state index in [-0.39, 0.29) is 24.4 Å². The minimum Gasteiger partial charge on any atom is -0.491 e. The highest BCUT2D eigenvalue weighted by Crippen LogP contribution is 2.18. The number of nitrogens with zero attached hydrogens (tertiary/aromatic N) is 3. The summed E-state index contributed by atoms with van der Waals surface area (Å²) in [5, 5.41) is 7.46. The molecule has 1 amide bonds. The van der Waals surface area contributed by atoms with E-state index in [4.69, 9.17) is 4.74 Å². The monoisotopic (exact) mass is 408 g/mol. The molecule has 4 aromatic rings. The van der Waals surface area contributed by atoms with Crippen LogP contribution in [0.3, 0.4) is 0 Å². The number of carbonyl (C=O) groups excluding carboxylic acids is 1. The minimum absolute atomic E-state index is 0.0934. The molecular formula is C22H21FN4O3. The summed E-state index contributed by atoms with van der Waals surface area (Å²) in [5.74, 6) is 0.0529. The van der Waals surface area contributed by atoms with Crippen LogP contribution in [0.1, 0.15) is 19.4 Å². The molecule has 0 saturated heterocycles. The number of rotatable bonds is 6. The Balaban J connectivity index is 1.46. The van der Waals surface area contributed by atoms with E-state index in [0.717, 1.165) is 16.0 Å². The van der Waals surface area contributed by atoms with Crippen molar-refractivity contribution in [3.8, 4) is 5.75 Å². The van der Waals surface area contributed by atoms with Gasteiger partial charge in [-0.25, -0.2) is 9.07 Å². The SMILES string of the molecule is CC(C)Oc1ccc(CNC(=O)Cn2ncn3c(cc4cc(F)ccc43)c2=O)cc1. The number of hydrogen-bond donors (Lipinski definition) is 1. The summed E-state index contributed by atoms with van der Waals surface area (Å²) in [7, 11) is 0. The summed E-state index contributed by atoms with van der Waals surface area (Å²) >= 11 is 0. The standard InChI is InChI=1S/C22H21FN4O3/c1-14(2)30-18-6-3-15(4-7-18)11-24-21(28)12-27-22(29)20-10-16-9-17(23)5-8-19(16)26(20)13-25-27/h3-10,13-14H,11-12H2,1-2H3,(H,24,28). The molecule has 7 nitrogen and oxygen atoms in total. The highest BCUT2D eigenvalue weighted by Gasteiger charge is 2.12. The molecule has 4 rings (SSSR count). The lowest BCUT2D eigenvalue weighted by atomic mass is 10.2. The first kappa shape index (κ1) is 19.6. The summed E-state index contributed by atoms with van der Waals surface area (Å²) in [5.41, 5.74) is 1.51. The first-order valence-corrected chi connectivity index (χ1v) is 9.59. The lowest BCUT2D eigenvalue weighted by molar-refractivity contribution is -0.122. The first-order chi connectivity index (χ1) is 14.4. The van der Waals surface area contributed by atoms with Crippen LogP contribution in [0.15, 0.2) is 59.7 Å². The number of hydrogen-bond acceptors (Lipinski definition) is 4. The van der Waals surface area contributed by atoms with Crippen LogP contribution in [0.5, 0.6) is 5.75 Å². The van der Waals surface area contributed by atoms with Gasteiger partial charge in [-0.1, -0.05) is 12.1 Å². The Labute approximate surface area is 171 Å². The third kappa shape index (κ3) is 4.03. The molecule has 0 spiro atoms. The molecular weight excluding hydrogens is 387 g/mol. The van der Waals surface area contributed by atoms with Gasteiger partial charge < -0.3 is 10.1 Å². The summed E-state index contributed by atoms with van der Waals surface area (Å²) in [6, 6.07) is 13.3. The highest BCUT2D eigenvalue weighted by atomic mass is 19.1. The molecule has 0 aliphatic rings. The number of carbonyl (C=O) groups is 1. The number of benzene rings is 2. The van der Waals surface area contributed by atoms with Crippen molar-refractivity contribution in [1.82, 2.24) is 19.5 Å². The Morgan fingerprint density at radius 2 is 1.90 bits per heavy atom. The molecule has 0 aliphatic carbocycles. The summed E-state index contributed by atoms with van der Waals surface area (Å²) in [6.45, 7) is 4.03. The fourth-order valence-electron chi connectivity index (χ4n) is 3.26. The number of aromatic nitrogens is 3. The van der Waals surface area contributed by atoms with Crippen LogP contribution in [-0.4, -0.2) is 26.2 Å². The third-order valence-corrected chi connectivity index (χ3v) is 4.64. The second kappa shape index (κ2) is 7.98. The number of nitrogens with one attached hydrogen (secondary N) is 1. The Morgan fingerprint density at radius 3 is 2.63 bits per heavy atom. The largest absolute Gasteiger partial charge is 0.491 e. The number of halogens is 1. The minimum atomic E-state index is -0.417. The molecule has 2 heterocycles. The molecule has 0 fully saturated rings. The fourth-order valence-corrected chi connectivity index (χ4v) is 3.26. The van der Waals surface area contributed by atoms with Gasteiger partial charge in [-0.05, 0) is 55.8 Å². The average molecular weight is 408 g/mol. The topological polar surface area (TPSA) is 77.6 Å². The number of amides is 1. The maximum atomic E-state index is 13.5. The molecule has 0 aliphatic heterocycles. The van der Waals surface area contributed by atoms with Crippen molar-refractivity contribution in [2.45, 2.75) is 33.0 Å². The van der Waals surface area contributed by atoms with Crippen LogP contribution in [0.4, 0.5) is 4.39 Å². The van der Waals surface area contributed by atoms with Crippen LogP contribution < -0.4 is 15.6 Å². The van der Waals surface area contributed by atoms with E-state index in [1.807, 2.05) is 38.1 Å². The van der Waals surface area contributed by atoms with Crippen molar-refractivity contribution in [3.63, 3.8) is 0 Å². The number of ether oxygens (including phenoxy) is 1. The van der Waals surface area contributed by atoms with Crippen molar-refractivity contribution in [3.05, 3.63) is 76.6 Å². The zero-order chi connectivity index (χ0) is 21.3. The maximum Gasteiger partial charge on any atom is 0.291 e. The van der Waals surface area contributed by atoms with Crippen molar-refractivity contribution >= 4 is 22.3 Å². The van der Waals surface area contributed by atoms with E-state index in [9.17, 15) is 14.0 Å². The van der Waals surface area contributed by atoms with Gasteiger partial charge in [-0.3, -0.25) is 14.0 Å². The normalized spacial score (nSPS) is 11.3. The van der Waals surface area contributed by atoms with Gasteiger partial charge in [-0.15, -0.1) is 0 Å². The van der Waals surface area contributed by atoms with Gasteiger partial charge in [0.05, 0.1) is 11.6 Å². The molecule has 2 aromatic heterocycles. The second-order valence-corrected chi connectivity index (χ2v) is 7.28. The van der Waals surface area contributed by atoms with Gasteiger partial charge in [0.2, 0.25) is 5.91 Å². The second-order valence-electron chi connectivity index (χ2n) is 7.28. The Morgan fingerprint density at radius 1 is 1.13 bits per heavy atom. The predicted octanol–water partition coefficient (Wildman–Crippen LogP) is 2.89. The lowest BCUT2D eigenvalue weighted by Gasteiger charge is -2.11. The van der Waals surface area contributed by atoms with Gasteiger partial charge in [0, 0.05) is 11.9 Å².